The fourth-order valence-corrected chi connectivity index (χ4v) is 9.20. The van der Waals surface area contributed by atoms with Crippen LogP contribution in [0.2, 0.25) is 0 Å². The summed E-state index contributed by atoms with van der Waals surface area (Å²) in [7, 11) is -3.00. The average molecular weight is 663 g/mol. The van der Waals surface area contributed by atoms with Crippen LogP contribution in [0.3, 0.4) is 0 Å². The van der Waals surface area contributed by atoms with Crippen molar-refractivity contribution in [1.29, 1.82) is 0 Å². The van der Waals surface area contributed by atoms with Crippen molar-refractivity contribution in [2.24, 2.45) is 5.92 Å². The first kappa shape index (κ1) is 32.1. The molecule has 10 rings (SSSR count). The Bertz CT molecular complexity index is 1820. The van der Waals surface area contributed by atoms with Crippen molar-refractivity contribution in [3.8, 4) is 0 Å². The van der Waals surface area contributed by atoms with Gasteiger partial charge in [0.1, 0.15) is 9.84 Å². The van der Waals surface area contributed by atoms with Crippen molar-refractivity contribution < 1.29 is 17.2 Å². The molecule has 0 saturated carbocycles. The Kier molecular flexibility index (Phi) is 9.04. The van der Waals surface area contributed by atoms with Crippen molar-refractivity contribution >= 4 is 26.4 Å². The molecule has 0 unspecified atom stereocenters. The van der Waals surface area contributed by atoms with E-state index in [0.717, 1.165) is 60.1 Å². The van der Waals surface area contributed by atoms with Crippen molar-refractivity contribution in [2.45, 2.75) is 89.3 Å². The Morgan fingerprint density at radius 1 is 0.957 bits per heavy atom. The van der Waals surface area contributed by atoms with E-state index in [0.29, 0.717) is 45.3 Å². The van der Waals surface area contributed by atoms with Gasteiger partial charge in [-0.25, -0.2) is 17.2 Å². The Morgan fingerprint density at radius 2 is 1.77 bits per heavy atom. The molecule has 11 heteroatoms. The Morgan fingerprint density at radius 3 is 2.57 bits per heavy atom. The molecule has 6 aliphatic rings. The highest BCUT2D eigenvalue weighted by Crippen LogP contribution is 2.43. The molecule has 1 atom stereocenters. The smallest absolute Gasteiger partial charge is 0.276 e. The van der Waals surface area contributed by atoms with Crippen LogP contribution in [0.25, 0.3) is 10.9 Å². The number of nitrogens with one attached hydrogen (secondary N) is 1. The molecule has 47 heavy (non-hydrogen) atoms. The standard InChI is InChI=1S/C36H44F2N6O2S/c1-25-27-7-5-8-30(20-27)36(37,38)29-10-16-43(17-11-29)23-31-24-44(42-41-31)15-4-2-3-6-28-21-35-33(34(40-25)9-14-39-35)22-32(28)26-12-18-47(45,46)19-13-26/h5,7-9,14,20-22,24-26,29,40H,2-4,6,10-13,15-19,23H2,1H3/t25-/m1/s1. The van der Waals surface area contributed by atoms with Gasteiger partial charge in [-0.1, -0.05) is 29.8 Å². The summed E-state index contributed by atoms with van der Waals surface area (Å²) in [5, 5.41) is 13.3. The van der Waals surface area contributed by atoms with Crippen LogP contribution in [0, 0.1) is 5.92 Å². The van der Waals surface area contributed by atoms with Crippen LogP contribution in [0.5, 0.6) is 0 Å². The SMILES string of the molecule is C[C@H]1Nc2ccnc3cc(c(C4CCS(=O)(=O)CC4)cc23)CCCCCn2cc(nn2)CN2CCC(CC2)C(F)(F)c2cccc1c2. The van der Waals surface area contributed by atoms with Gasteiger partial charge in [-0.05, 0) is 112 Å². The summed E-state index contributed by atoms with van der Waals surface area (Å²) < 4.78 is 58.5. The maximum Gasteiger partial charge on any atom is 0.276 e. The minimum absolute atomic E-state index is 0.0678. The van der Waals surface area contributed by atoms with Gasteiger partial charge in [0.05, 0.1) is 22.7 Å². The van der Waals surface area contributed by atoms with E-state index < -0.39 is 21.7 Å². The van der Waals surface area contributed by atoms with Crippen molar-refractivity contribution in [1.82, 2.24) is 24.9 Å². The first-order valence-corrected chi connectivity index (χ1v) is 18.9. The van der Waals surface area contributed by atoms with Gasteiger partial charge in [0, 0.05) is 54.1 Å². The zero-order chi connectivity index (χ0) is 32.6. The van der Waals surface area contributed by atoms with Gasteiger partial charge in [0.2, 0.25) is 0 Å². The molecule has 8 heterocycles. The summed E-state index contributed by atoms with van der Waals surface area (Å²) in [5.74, 6) is -3.06. The van der Waals surface area contributed by atoms with Crippen LogP contribution in [-0.2, 0) is 35.3 Å². The van der Waals surface area contributed by atoms with E-state index >= 15 is 8.78 Å². The van der Waals surface area contributed by atoms with E-state index in [2.05, 4.69) is 32.7 Å². The summed E-state index contributed by atoms with van der Waals surface area (Å²) in [4.78, 5) is 6.93. The second kappa shape index (κ2) is 13.2. The molecule has 1 N–H and O–H groups in total. The molecule has 2 fully saturated rings. The Balaban J connectivity index is 1.23. The minimum atomic E-state index is -3.00. The predicted octanol–water partition coefficient (Wildman–Crippen LogP) is 7.02. The van der Waals surface area contributed by atoms with E-state index in [1.807, 2.05) is 29.9 Å². The number of aryl methyl sites for hydroxylation is 2. The highest BCUT2D eigenvalue weighted by molar-refractivity contribution is 7.91. The van der Waals surface area contributed by atoms with Crippen LogP contribution in [0.4, 0.5) is 14.5 Å². The molecule has 2 saturated heterocycles. The number of rotatable bonds is 1. The number of hydrogen-bond donors (Lipinski definition) is 1. The molecule has 0 amide bonds. The third kappa shape index (κ3) is 7.06. The molecule has 8 nitrogen and oxygen atoms in total. The number of hydrogen-bond acceptors (Lipinski definition) is 7. The van der Waals surface area contributed by atoms with Gasteiger partial charge < -0.3 is 5.32 Å². The number of pyridine rings is 1. The Hall–Kier alpha value is -3.44. The van der Waals surface area contributed by atoms with E-state index in [1.54, 1.807) is 24.4 Å². The second-order valence-corrected chi connectivity index (χ2v) is 16.1. The summed E-state index contributed by atoms with van der Waals surface area (Å²) in [5.41, 5.74) is 5.95. The number of nitrogens with zero attached hydrogens (tertiary/aromatic N) is 5. The third-order valence-corrected chi connectivity index (χ3v) is 12.3. The summed E-state index contributed by atoms with van der Waals surface area (Å²) in [6.07, 6.45) is 9.78. The number of aromatic nitrogens is 4. The normalized spacial score (nSPS) is 25.4. The van der Waals surface area contributed by atoms with Gasteiger partial charge in [-0.15, -0.1) is 5.10 Å². The lowest BCUT2D eigenvalue weighted by Gasteiger charge is -2.36. The molecule has 2 aromatic carbocycles. The minimum Gasteiger partial charge on any atom is -0.378 e. The fraction of sp³-hybridized carbons (Fsp3) is 0.528. The van der Waals surface area contributed by atoms with Crippen LogP contribution < -0.4 is 5.32 Å². The van der Waals surface area contributed by atoms with Crippen LogP contribution in [0.15, 0.2) is 54.9 Å². The largest absolute Gasteiger partial charge is 0.378 e. The van der Waals surface area contributed by atoms with E-state index in [1.165, 1.54) is 11.1 Å². The number of piperidine rings is 1. The Labute approximate surface area is 275 Å². The number of alkyl halides is 2. The quantitative estimate of drug-likeness (QED) is 0.234. The molecular weight excluding hydrogens is 618 g/mol. The molecule has 10 bridgehead atoms. The number of benzene rings is 2. The van der Waals surface area contributed by atoms with Gasteiger partial charge in [0.15, 0.2) is 0 Å². The van der Waals surface area contributed by atoms with Crippen LogP contribution >= 0.6 is 0 Å². The van der Waals surface area contributed by atoms with Gasteiger partial charge in [-0.2, -0.15) is 0 Å². The van der Waals surface area contributed by atoms with Crippen LogP contribution in [0.1, 0.15) is 91.8 Å². The number of sulfone groups is 1. The van der Waals surface area contributed by atoms with Gasteiger partial charge in [-0.3, -0.25) is 14.6 Å². The molecule has 250 valence electrons. The molecule has 4 aromatic rings. The molecule has 0 spiro atoms. The zero-order valence-electron chi connectivity index (χ0n) is 27.0. The first-order chi connectivity index (χ1) is 22.6. The molecule has 0 radical (unpaired) electrons. The van der Waals surface area contributed by atoms with E-state index in [-0.39, 0.29) is 29.0 Å². The monoisotopic (exact) mass is 662 g/mol. The molecule has 0 aliphatic carbocycles. The lowest BCUT2D eigenvalue weighted by Crippen LogP contribution is -2.39. The lowest BCUT2D eigenvalue weighted by molar-refractivity contribution is -0.0861. The number of halogens is 2. The fourth-order valence-electron chi connectivity index (χ4n) is 7.71. The lowest BCUT2D eigenvalue weighted by atomic mass is 9.85. The topological polar surface area (TPSA) is 93.0 Å². The predicted molar refractivity (Wildman–Crippen MR) is 180 cm³/mol. The molecule has 2 aromatic heterocycles. The van der Waals surface area contributed by atoms with Crippen molar-refractivity contribution in [3.05, 3.63) is 82.8 Å². The van der Waals surface area contributed by atoms with E-state index in [4.69, 9.17) is 4.98 Å². The summed E-state index contributed by atoms with van der Waals surface area (Å²) in [6, 6.07) is 13.0. The summed E-state index contributed by atoms with van der Waals surface area (Å²) in [6.45, 7) is 4.63. The van der Waals surface area contributed by atoms with Crippen LogP contribution in [-0.4, -0.2) is 57.9 Å². The maximum absolute atomic E-state index is 16.0. The summed E-state index contributed by atoms with van der Waals surface area (Å²) >= 11 is 0. The second-order valence-electron chi connectivity index (χ2n) is 13.8. The first-order valence-electron chi connectivity index (χ1n) is 17.1. The third-order valence-electron chi connectivity index (χ3n) is 10.5. The average Bonchev–Trinajstić information content (AvgIpc) is 3.51. The molecular formula is C36H44F2N6O2S. The van der Waals surface area contributed by atoms with Gasteiger partial charge >= 0.3 is 0 Å². The molecule has 6 aliphatic heterocycles. The highest BCUT2D eigenvalue weighted by Gasteiger charge is 2.43. The zero-order valence-corrected chi connectivity index (χ0v) is 27.9. The number of anilines is 1. The maximum atomic E-state index is 16.0. The van der Waals surface area contributed by atoms with Crippen molar-refractivity contribution in [2.75, 3.05) is 29.9 Å². The van der Waals surface area contributed by atoms with Crippen molar-refractivity contribution in [3.63, 3.8) is 0 Å². The van der Waals surface area contributed by atoms with Gasteiger partial charge in [0.25, 0.3) is 5.92 Å². The van der Waals surface area contributed by atoms with E-state index in [9.17, 15) is 8.42 Å². The highest BCUT2D eigenvalue weighted by atomic mass is 32.2.